The van der Waals surface area contributed by atoms with Crippen LogP contribution in [0.25, 0.3) is 0 Å². The number of aromatic hydroxyl groups is 1. The van der Waals surface area contributed by atoms with E-state index in [4.69, 9.17) is 0 Å². The van der Waals surface area contributed by atoms with Crippen LogP contribution in [-0.4, -0.2) is 36.1 Å². The van der Waals surface area contributed by atoms with Crippen molar-refractivity contribution in [3.8, 4) is 5.75 Å². The fourth-order valence-electron chi connectivity index (χ4n) is 2.39. The molecule has 1 aromatic rings. The average molecular weight is 241 g/mol. The van der Waals surface area contributed by atoms with Crippen LogP contribution in [0, 0.1) is 0 Å². The molecule has 1 N–H and O–H groups in total. The quantitative estimate of drug-likeness (QED) is 0.879. The number of piperidine rings is 1. The van der Waals surface area contributed by atoms with Gasteiger partial charge in [-0.25, -0.2) is 8.78 Å². The first-order chi connectivity index (χ1) is 8.15. The van der Waals surface area contributed by atoms with Crippen LogP contribution in [0.4, 0.5) is 8.78 Å². The van der Waals surface area contributed by atoms with E-state index in [1.54, 1.807) is 12.1 Å². The van der Waals surface area contributed by atoms with E-state index >= 15 is 0 Å². The molecule has 0 spiro atoms. The molecule has 0 bridgehead atoms. The molecule has 94 valence electrons. The van der Waals surface area contributed by atoms with E-state index in [0.717, 1.165) is 25.9 Å². The van der Waals surface area contributed by atoms with Crippen LogP contribution < -0.4 is 0 Å². The fourth-order valence-corrected chi connectivity index (χ4v) is 2.39. The molecule has 1 aromatic carbocycles. The minimum Gasteiger partial charge on any atom is -0.508 e. The smallest absolute Gasteiger partial charge is 0.251 e. The fraction of sp³-hybridized carbons (Fsp3) is 0.538. The van der Waals surface area contributed by atoms with Gasteiger partial charge in [0.2, 0.25) is 0 Å². The van der Waals surface area contributed by atoms with Gasteiger partial charge in [-0.3, -0.25) is 4.90 Å². The highest BCUT2D eigenvalue weighted by Crippen LogP contribution is 2.29. The highest BCUT2D eigenvalue weighted by atomic mass is 19.3. The lowest BCUT2D eigenvalue weighted by Gasteiger charge is -2.31. The minimum absolute atomic E-state index is 0.109. The molecule has 1 aliphatic heterocycles. The molecule has 2 rings (SSSR count). The molecule has 0 aromatic heterocycles. The Morgan fingerprint density at radius 1 is 1.18 bits per heavy atom. The van der Waals surface area contributed by atoms with Gasteiger partial charge in [-0.1, -0.05) is 12.1 Å². The summed E-state index contributed by atoms with van der Waals surface area (Å²) in [5, 5.41) is 9.20. The summed E-state index contributed by atoms with van der Waals surface area (Å²) in [6.45, 7) is 1.36. The Hall–Kier alpha value is -1.16. The first-order valence-corrected chi connectivity index (χ1v) is 5.94. The molecule has 0 saturated carbocycles. The lowest BCUT2D eigenvalue weighted by atomic mass is 9.89. The zero-order valence-electron chi connectivity index (χ0n) is 9.65. The maximum absolute atomic E-state index is 12.2. The summed E-state index contributed by atoms with van der Waals surface area (Å²) in [6, 6.07) is 7.20. The zero-order chi connectivity index (χ0) is 12.3. The van der Waals surface area contributed by atoms with Crippen LogP contribution in [0.1, 0.15) is 24.3 Å². The highest BCUT2D eigenvalue weighted by Gasteiger charge is 2.22. The summed E-state index contributed by atoms with van der Waals surface area (Å²) in [4.78, 5) is 1.82. The van der Waals surface area contributed by atoms with Crippen molar-refractivity contribution in [2.75, 3.05) is 19.6 Å². The van der Waals surface area contributed by atoms with Gasteiger partial charge in [-0.2, -0.15) is 0 Å². The Bertz CT molecular complexity index is 345. The Balaban J connectivity index is 1.88. The van der Waals surface area contributed by atoms with Crippen molar-refractivity contribution in [1.82, 2.24) is 4.90 Å². The number of hydrogen-bond donors (Lipinski definition) is 1. The second kappa shape index (κ2) is 5.45. The summed E-state index contributed by atoms with van der Waals surface area (Å²) in [7, 11) is 0. The molecule has 4 heteroatoms. The molecular formula is C13H17F2NO. The molecule has 1 heterocycles. The van der Waals surface area contributed by atoms with E-state index < -0.39 is 6.43 Å². The van der Waals surface area contributed by atoms with Crippen LogP contribution in [0.2, 0.25) is 0 Å². The summed E-state index contributed by atoms with van der Waals surface area (Å²) in [6.07, 6.45) is -0.408. The van der Waals surface area contributed by atoms with E-state index in [-0.39, 0.29) is 12.3 Å². The first kappa shape index (κ1) is 12.3. The molecule has 1 saturated heterocycles. The monoisotopic (exact) mass is 241 g/mol. The third-order valence-corrected chi connectivity index (χ3v) is 3.35. The topological polar surface area (TPSA) is 23.5 Å². The van der Waals surface area contributed by atoms with Gasteiger partial charge in [0, 0.05) is 0 Å². The molecule has 0 atom stereocenters. The zero-order valence-corrected chi connectivity index (χ0v) is 9.65. The van der Waals surface area contributed by atoms with Crippen molar-refractivity contribution < 1.29 is 13.9 Å². The number of benzene rings is 1. The van der Waals surface area contributed by atoms with E-state index in [0.29, 0.717) is 5.92 Å². The third kappa shape index (κ3) is 3.40. The van der Waals surface area contributed by atoms with Crippen molar-refractivity contribution in [2.24, 2.45) is 0 Å². The average Bonchev–Trinajstić information content (AvgIpc) is 2.30. The van der Waals surface area contributed by atoms with E-state index in [1.807, 2.05) is 17.0 Å². The van der Waals surface area contributed by atoms with Gasteiger partial charge < -0.3 is 5.11 Å². The van der Waals surface area contributed by atoms with E-state index in [1.165, 1.54) is 5.56 Å². The van der Waals surface area contributed by atoms with Gasteiger partial charge in [0.15, 0.2) is 0 Å². The molecule has 0 radical (unpaired) electrons. The molecule has 1 fully saturated rings. The van der Waals surface area contributed by atoms with E-state index in [2.05, 4.69) is 0 Å². The second-order valence-corrected chi connectivity index (χ2v) is 4.56. The van der Waals surface area contributed by atoms with Gasteiger partial charge in [-0.05, 0) is 49.5 Å². The molecule has 2 nitrogen and oxygen atoms in total. The number of phenolic OH excluding ortho intramolecular Hbond substituents is 1. The van der Waals surface area contributed by atoms with Gasteiger partial charge in [-0.15, -0.1) is 0 Å². The number of likely N-dealkylation sites (tertiary alicyclic amines) is 1. The Kier molecular flexibility index (Phi) is 3.94. The van der Waals surface area contributed by atoms with Crippen molar-refractivity contribution in [1.29, 1.82) is 0 Å². The summed E-state index contributed by atoms with van der Waals surface area (Å²) >= 11 is 0. The first-order valence-electron chi connectivity index (χ1n) is 5.94. The van der Waals surface area contributed by atoms with Crippen LogP contribution in [-0.2, 0) is 0 Å². The van der Waals surface area contributed by atoms with E-state index in [9.17, 15) is 13.9 Å². The van der Waals surface area contributed by atoms with Crippen LogP contribution in [0.15, 0.2) is 24.3 Å². The van der Waals surface area contributed by atoms with Crippen LogP contribution in [0.5, 0.6) is 5.75 Å². The van der Waals surface area contributed by atoms with Gasteiger partial charge in [0.1, 0.15) is 5.75 Å². The van der Waals surface area contributed by atoms with Crippen molar-refractivity contribution in [3.05, 3.63) is 29.8 Å². The SMILES string of the molecule is Oc1ccc(C2CCN(CC(F)F)CC2)cc1. The number of phenols is 1. The molecule has 1 aliphatic rings. The number of alkyl halides is 2. The summed E-state index contributed by atoms with van der Waals surface area (Å²) < 4.78 is 24.4. The summed E-state index contributed by atoms with van der Waals surface area (Å²) in [5.41, 5.74) is 1.19. The maximum atomic E-state index is 12.2. The number of nitrogens with zero attached hydrogens (tertiary/aromatic N) is 1. The second-order valence-electron chi connectivity index (χ2n) is 4.56. The Labute approximate surface area is 99.9 Å². The molecular weight excluding hydrogens is 224 g/mol. The van der Waals surface area contributed by atoms with Gasteiger partial charge in [0.05, 0.1) is 6.54 Å². The normalized spacial score (nSPS) is 18.8. The molecule has 17 heavy (non-hydrogen) atoms. The molecule has 0 aliphatic carbocycles. The van der Waals surface area contributed by atoms with Gasteiger partial charge >= 0.3 is 0 Å². The largest absolute Gasteiger partial charge is 0.508 e. The van der Waals surface area contributed by atoms with Crippen molar-refractivity contribution in [3.63, 3.8) is 0 Å². The number of rotatable bonds is 3. The summed E-state index contributed by atoms with van der Waals surface area (Å²) in [5.74, 6) is 0.702. The minimum atomic E-state index is -2.24. The Morgan fingerprint density at radius 2 is 1.76 bits per heavy atom. The van der Waals surface area contributed by atoms with Crippen LogP contribution in [0.3, 0.4) is 0 Å². The highest BCUT2D eigenvalue weighted by molar-refractivity contribution is 5.28. The molecule has 0 unspecified atom stereocenters. The van der Waals surface area contributed by atoms with Crippen LogP contribution >= 0.6 is 0 Å². The number of hydrogen-bond acceptors (Lipinski definition) is 2. The number of halogens is 2. The predicted molar refractivity (Wildman–Crippen MR) is 62.5 cm³/mol. The third-order valence-electron chi connectivity index (χ3n) is 3.35. The van der Waals surface area contributed by atoms with Crippen molar-refractivity contribution >= 4 is 0 Å². The standard InChI is InChI=1S/C13H17F2NO/c14-13(15)9-16-7-5-11(6-8-16)10-1-3-12(17)4-2-10/h1-4,11,13,17H,5-9H2. The van der Waals surface area contributed by atoms with Crippen molar-refractivity contribution in [2.45, 2.75) is 25.2 Å². The predicted octanol–water partition coefficient (Wildman–Crippen LogP) is 2.84. The van der Waals surface area contributed by atoms with Gasteiger partial charge in [0.25, 0.3) is 6.43 Å². The maximum Gasteiger partial charge on any atom is 0.251 e. The Morgan fingerprint density at radius 3 is 2.29 bits per heavy atom. The molecule has 0 amide bonds. The lowest BCUT2D eigenvalue weighted by molar-refractivity contribution is 0.0754. The lowest BCUT2D eigenvalue weighted by Crippen LogP contribution is -2.36.